The zero-order valence-electron chi connectivity index (χ0n) is 8.45. The number of thioether (sulfide) groups is 1. The van der Waals surface area contributed by atoms with Crippen LogP contribution in [0.3, 0.4) is 0 Å². The minimum atomic E-state index is -0.256. The zero-order chi connectivity index (χ0) is 11.5. The van der Waals surface area contributed by atoms with Gasteiger partial charge in [-0.25, -0.2) is 14.4 Å². The Morgan fingerprint density at radius 2 is 2.12 bits per heavy atom. The minimum absolute atomic E-state index is 0.189. The first kappa shape index (κ1) is 11.4. The third kappa shape index (κ3) is 2.33. The summed E-state index contributed by atoms with van der Waals surface area (Å²) in [6, 6.07) is 6.33. The molecule has 2 nitrogen and oxygen atoms in total. The van der Waals surface area contributed by atoms with E-state index in [4.69, 9.17) is 11.6 Å². The van der Waals surface area contributed by atoms with Crippen LogP contribution in [0.25, 0.3) is 11.3 Å². The minimum Gasteiger partial charge on any atom is -0.226 e. The van der Waals surface area contributed by atoms with Gasteiger partial charge in [-0.05, 0) is 42.1 Å². The lowest BCUT2D eigenvalue weighted by Crippen LogP contribution is -1.89. The smallest absolute Gasteiger partial charge is 0.222 e. The Bertz CT molecular complexity index is 519. The molecule has 0 amide bonds. The Morgan fingerprint density at radius 3 is 2.81 bits per heavy atom. The average Bonchev–Trinajstić information content (AvgIpc) is 2.28. The lowest BCUT2D eigenvalue weighted by atomic mass is 10.1. The quantitative estimate of drug-likeness (QED) is 0.604. The second kappa shape index (κ2) is 4.80. The maximum absolute atomic E-state index is 13.1. The molecule has 0 radical (unpaired) electrons. The first-order valence-corrected chi connectivity index (χ1v) is 6.13. The third-order valence-corrected chi connectivity index (χ3v) is 3.03. The van der Waals surface area contributed by atoms with Gasteiger partial charge >= 0.3 is 0 Å². The van der Waals surface area contributed by atoms with Gasteiger partial charge in [0.2, 0.25) is 5.28 Å². The van der Waals surface area contributed by atoms with Gasteiger partial charge in [-0.3, -0.25) is 0 Å². The maximum Gasteiger partial charge on any atom is 0.222 e. The van der Waals surface area contributed by atoms with Crippen LogP contribution in [-0.2, 0) is 0 Å². The highest BCUT2D eigenvalue weighted by molar-refractivity contribution is 7.98. The molecule has 0 aliphatic rings. The van der Waals surface area contributed by atoms with E-state index in [0.717, 1.165) is 10.5 Å². The topological polar surface area (TPSA) is 25.8 Å². The highest BCUT2D eigenvalue weighted by atomic mass is 35.5. The lowest BCUT2D eigenvalue weighted by Gasteiger charge is -2.06. The van der Waals surface area contributed by atoms with Crippen molar-refractivity contribution >= 4 is 23.4 Å². The van der Waals surface area contributed by atoms with E-state index in [2.05, 4.69) is 9.97 Å². The second-order valence-corrected chi connectivity index (χ2v) is 4.24. The largest absolute Gasteiger partial charge is 0.226 e. The summed E-state index contributed by atoms with van der Waals surface area (Å²) in [5, 5.41) is 0.189. The average molecular weight is 255 g/mol. The van der Waals surface area contributed by atoms with Crippen molar-refractivity contribution < 1.29 is 4.39 Å². The van der Waals surface area contributed by atoms with Crippen molar-refractivity contribution in [3.8, 4) is 11.3 Å². The van der Waals surface area contributed by atoms with Crippen LogP contribution in [-0.4, -0.2) is 16.2 Å². The van der Waals surface area contributed by atoms with Crippen molar-refractivity contribution in [2.45, 2.75) is 4.90 Å². The number of rotatable bonds is 2. The van der Waals surface area contributed by atoms with E-state index < -0.39 is 0 Å². The van der Waals surface area contributed by atoms with Crippen LogP contribution >= 0.6 is 23.4 Å². The number of hydrogen-bond donors (Lipinski definition) is 0. The first-order valence-electron chi connectivity index (χ1n) is 4.53. The molecular weight excluding hydrogens is 247 g/mol. The summed E-state index contributed by atoms with van der Waals surface area (Å²) in [5.41, 5.74) is 1.56. The van der Waals surface area contributed by atoms with Gasteiger partial charge in [-0.15, -0.1) is 11.8 Å². The molecule has 0 unspecified atom stereocenters. The fourth-order valence-electron chi connectivity index (χ4n) is 1.36. The Kier molecular flexibility index (Phi) is 3.41. The predicted molar refractivity (Wildman–Crippen MR) is 64.2 cm³/mol. The molecule has 0 N–H and O–H groups in total. The zero-order valence-corrected chi connectivity index (χ0v) is 10.0. The number of nitrogens with zero attached hydrogens (tertiary/aromatic N) is 2. The van der Waals surface area contributed by atoms with Crippen LogP contribution in [0, 0.1) is 5.82 Å². The summed E-state index contributed by atoms with van der Waals surface area (Å²) >= 11 is 7.19. The van der Waals surface area contributed by atoms with Gasteiger partial charge in [0, 0.05) is 16.7 Å². The Hall–Kier alpha value is -1.13. The van der Waals surface area contributed by atoms with Gasteiger partial charge in [-0.1, -0.05) is 0 Å². The van der Waals surface area contributed by atoms with Crippen LogP contribution in [0.1, 0.15) is 0 Å². The number of hydrogen-bond acceptors (Lipinski definition) is 3. The van der Waals surface area contributed by atoms with Crippen LogP contribution in [0.2, 0.25) is 5.28 Å². The first-order chi connectivity index (χ1) is 7.70. The molecule has 82 valence electrons. The van der Waals surface area contributed by atoms with Crippen molar-refractivity contribution in [3.05, 3.63) is 41.6 Å². The molecule has 1 aromatic carbocycles. The lowest BCUT2D eigenvalue weighted by molar-refractivity contribution is 0.624. The van der Waals surface area contributed by atoms with E-state index in [1.54, 1.807) is 18.3 Å². The van der Waals surface area contributed by atoms with Crippen LogP contribution < -0.4 is 0 Å². The molecule has 1 aromatic heterocycles. The second-order valence-electron chi connectivity index (χ2n) is 3.06. The molecule has 0 saturated carbocycles. The standard InChI is InChI=1S/C11H8ClFN2S/c1-16-10-6-7(13)2-3-8(10)9-4-5-14-11(12)15-9/h2-6H,1H3. The highest BCUT2D eigenvalue weighted by Gasteiger charge is 2.07. The normalized spacial score (nSPS) is 10.4. The van der Waals surface area contributed by atoms with Crippen LogP contribution in [0.5, 0.6) is 0 Å². The summed E-state index contributed by atoms with van der Waals surface area (Å²) in [6.07, 6.45) is 3.47. The van der Waals surface area contributed by atoms with Gasteiger partial charge in [0.15, 0.2) is 0 Å². The van der Waals surface area contributed by atoms with Gasteiger partial charge < -0.3 is 0 Å². The molecule has 0 saturated heterocycles. The molecule has 1 heterocycles. The predicted octanol–water partition coefficient (Wildman–Crippen LogP) is 3.66. The monoisotopic (exact) mass is 254 g/mol. The van der Waals surface area contributed by atoms with E-state index in [0.29, 0.717) is 5.69 Å². The summed E-state index contributed by atoms with van der Waals surface area (Å²) in [4.78, 5) is 8.74. The third-order valence-electron chi connectivity index (χ3n) is 2.07. The molecule has 0 atom stereocenters. The molecule has 2 aromatic rings. The Labute approximate surface area is 102 Å². The van der Waals surface area contributed by atoms with E-state index in [1.807, 2.05) is 6.26 Å². The molecule has 0 aliphatic heterocycles. The number of benzene rings is 1. The number of halogens is 2. The maximum atomic E-state index is 13.1. The Morgan fingerprint density at radius 1 is 1.31 bits per heavy atom. The number of aromatic nitrogens is 2. The van der Waals surface area contributed by atoms with Gasteiger partial charge in [0.25, 0.3) is 0 Å². The van der Waals surface area contributed by atoms with Crippen molar-refractivity contribution in [3.63, 3.8) is 0 Å². The van der Waals surface area contributed by atoms with Crippen molar-refractivity contribution in [1.29, 1.82) is 0 Å². The summed E-state index contributed by atoms with van der Waals surface area (Å²) < 4.78 is 13.1. The summed E-state index contributed by atoms with van der Waals surface area (Å²) in [7, 11) is 0. The molecule has 0 bridgehead atoms. The Balaban J connectivity index is 2.55. The summed E-state index contributed by atoms with van der Waals surface area (Å²) in [5.74, 6) is -0.256. The SMILES string of the molecule is CSc1cc(F)ccc1-c1ccnc(Cl)n1. The molecule has 2 rings (SSSR count). The van der Waals surface area contributed by atoms with E-state index in [-0.39, 0.29) is 11.1 Å². The van der Waals surface area contributed by atoms with Crippen LogP contribution in [0.15, 0.2) is 35.4 Å². The molecule has 16 heavy (non-hydrogen) atoms. The van der Waals surface area contributed by atoms with Gasteiger partial charge in [-0.2, -0.15) is 0 Å². The molecule has 0 fully saturated rings. The van der Waals surface area contributed by atoms with Crippen molar-refractivity contribution in [1.82, 2.24) is 9.97 Å². The summed E-state index contributed by atoms with van der Waals surface area (Å²) in [6.45, 7) is 0. The van der Waals surface area contributed by atoms with Gasteiger partial charge in [0.05, 0.1) is 5.69 Å². The fourth-order valence-corrected chi connectivity index (χ4v) is 2.13. The molecule has 0 aliphatic carbocycles. The fraction of sp³-hybridized carbons (Fsp3) is 0.0909. The molecule has 5 heteroatoms. The van der Waals surface area contributed by atoms with E-state index >= 15 is 0 Å². The van der Waals surface area contributed by atoms with Crippen molar-refractivity contribution in [2.24, 2.45) is 0 Å². The van der Waals surface area contributed by atoms with E-state index in [9.17, 15) is 4.39 Å². The molecular formula is C11H8ClFN2S. The van der Waals surface area contributed by atoms with Crippen molar-refractivity contribution in [2.75, 3.05) is 6.26 Å². The van der Waals surface area contributed by atoms with E-state index in [1.165, 1.54) is 23.9 Å². The highest BCUT2D eigenvalue weighted by Crippen LogP contribution is 2.29. The molecule has 0 spiro atoms. The van der Waals surface area contributed by atoms with Gasteiger partial charge in [0.1, 0.15) is 5.82 Å². The van der Waals surface area contributed by atoms with Crippen LogP contribution in [0.4, 0.5) is 4.39 Å².